The lowest BCUT2D eigenvalue weighted by atomic mass is 9.67. The Balaban J connectivity index is 1.89. The Morgan fingerprint density at radius 2 is 1.09 bits per heavy atom. The van der Waals surface area contributed by atoms with Gasteiger partial charge in [-0.15, -0.1) is 0 Å². The smallest absolute Gasteiger partial charge is 0.0651 e. The monoisotopic (exact) mass is 430 g/mol. The average molecular weight is 431 g/mol. The summed E-state index contributed by atoms with van der Waals surface area (Å²) in [4.78, 5) is 0. The number of hydrogen-bond acceptors (Lipinski definition) is 0. The highest BCUT2D eigenvalue weighted by atomic mass is 14.5. The van der Waals surface area contributed by atoms with Crippen molar-refractivity contribution in [1.82, 2.24) is 0 Å². The van der Waals surface area contributed by atoms with E-state index in [1.54, 1.807) is 0 Å². The molecule has 33 heavy (non-hydrogen) atoms. The van der Waals surface area contributed by atoms with Crippen molar-refractivity contribution >= 4 is 0 Å². The van der Waals surface area contributed by atoms with E-state index in [0.717, 1.165) is 19.3 Å². The maximum Gasteiger partial charge on any atom is 0.0713 e. The fourth-order valence-corrected chi connectivity index (χ4v) is 5.82. The van der Waals surface area contributed by atoms with Gasteiger partial charge in [-0.3, -0.25) is 0 Å². The zero-order valence-electron chi connectivity index (χ0n) is 20.2. The molecule has 0 fully saturated rings. The van der Waals surface area contributed by atoms with E-state index in [1.165, 1.54) is 62.9 Å². The fraction of sp³-hybridized carbons (Fsp3) is 0.273. The highest BCUT2D eigenvalue weighted by Crippen LogP contribution is 2.56. The first-order valence-corrected chi connectivity index (χ1v) is 12.6. The van der Waals surface area contributed by atoms with Crippen LogP contribution >= 0.6 is 0 Å². The third-order valence-corrected chi connectivity index (χ3v) is 7.32. The Morgan fingerprint density at radius 1 is 0.515 bits per heavy atom. The molecule has 0 aromatic heterocycles. The Kier molecular flexibility index (Phi) is 5.94. The second kappa shape index (κ2) is 9.02. The van der Waals surface area contributed by atoms with Crippen molar-refractivity contribution in [3.05, 3.63) is 130 Å². The Bertz CT molecular complexity index is 1210. The molecule has 1 aliphatic rings. The zero-order valence-corrected chi connectivity index (χ0v) is 20.2. The van der Waals surface area contributed by atoms with Crippen molar-refractivity contribution in [1.29, 1.82) is 0 Å². The van der Waals surface area contributed by atoms with Crippen molar-refractivity contribution in [2.45, 2.75) is 58.3 Å². The van der Waals surface area contributed by atoms with Crippen LogP contribution in [-0.4, -0.2) is 0 Å². The molecule has 0 aliphatic heterocycles. The molecule has 1 aliphatic carbocycles. The molecule has 0 nitrogen and oxygen atoms in total. The number of rotatable bonds is 7. The topological polar surface area (TPSA) is 0 Å². The van der Waals surface area contributed by atoms with Crippen LogP contribution in [0.1, 0.15) is 72.6 Å². The molecule has 0 heteroatoms. The lowest BCUT2D eigenvalue weighted by molar-refractivity contribution is 0.764. The average Bonchev–Trinajstić information content (AvgIpc) is 3.15. The molecular formula is C33H34. The molecule has 5 rings (SSSR count). The second-order valence-electron chi connectivity index (χ2n) is 9.43. The van der Waals surface area contributed by atoms with Crippen LogP contribution in [0.25, 0.3) is 11.1 Å². The van der Waals surface area contributed by atoms with Gasteiger partial charge in [0.25, 0.3) is 0 Å². The minimum absolute atomic E-state index is 0.285. The quantitative estimate of drug-likeness (QED) is 0.243. The summed E-state index contributed by atoms with van der Waals surface area (Å²) in [6, 6.07) is 34.9. The predicted octanol–water partition coefficient (Wildman–Crippen LogP) is 8.52. The van der Waals surface area contributed by atoms with Crippen LogP contribution in [0, 0.1) is 0 Å². The predicted molar refractivity (Wildman–Crippen MR) is 141 cm³/mol. The van der Waals surface area contributed by atoms with Gasteiger partial charge in [0.15, 0.2) is 0 Å². The van der Waals surface area contributed by atoms with E-state index in [0.29, 0.717) is 0 Å². The van der Waals surface area contributed by atoms with Crippen LogP contribution in [0.4, 0.5) is 0 Å². The summed E-state index contributed by atoms with van der Waals surface area (Å²) in [5.74, 6) is 0. The summed E-state index contributed by atoms with van der Waals surface area (Å²) < 4.78 is 0. The SMILES string of the molecule is CCCc1ccc2c(c1)-c1cc(CCC)ccc1C2(c1ccccc1)c1cccc(CC)c1. The number of hydrogen-bond donors (Lipinski definition) is 0. The van der Waals surface area contributed by atoms with Gasteiger partial charge in [0.1, 0.15) is 0 Å². The molecule has 0 heterocycles. The lowest BCUT2D eigenvalue weighted by Gasteiger charge is -2.34. The van der Waals surface area contributed by atoms with Gasteiger partial charge in [-0.25, -0.2) is 0 Å². The van der Waals surface area contributed by atoms with E-state index >= 15 is 0 Å². The molecule has 0 spiro atoms. The lowest BCUT2D eigenvalue weighted by Crippen LogP contribution is -2.28. The minimum atomic E-state index is -0.285. The third kappa shape index (κ3) is 3.53. The number of fused-ring (bicyclic) bond motifs is 3. The first-order chi connectivity index (χ1) is 16.2. The molecule has 4 aromatic rings. The summed E-state index contributed by atoms with van der Waals surface area (Å²) in [6.07, 6.45) is 5.64. The number of aryl methyl sites for hydroxylation is 3. The van der Waals surface area contributed by atoms with Gasteiger partial charge in [0, 0.05) is 0 Å². The molecule has 166 valence electrons. The van der Waals surface area contributed by atoms with Crippen LogP contribution in [0.5, 0.6) is 0 Å². The highest BCUT2D eigenvalue weighted by Gasteiger charge is 2.46. The van der Waals surface area contributed by atoms with Crippen LogP contribution in [0.2, 0.25) is 0 Å². The van der Waals surface area contributed by atoms with Gasteiger partial charge in [0.05, 0.1) is 5.41 Å². The van der Waals surface area contributed by atoms with Crippen molar-refractivity contribution in [3.8, 4) is 11.1 Å². The van der Waals surface area contributed by atoms with Crippen molar-refractivity contribution in [3.63, 3.8) is 0 Å². The maximum atomic E-state index is 2.47. The van der Waals surface area contributed by atoms with E-state index in [9.17, 15) is 0 Å². The molecule has 0 saturated carbocycles. The van der Waals surface area contributed by atoms with Gasteiger partial charge < -0.3 is 0 Å². The van der Waals surface area contributed by atoms with Crippen molar-refractivity contribution < 1.29 is 0 Å². The summed E-state index contributed by atoms with van der Waals surface area (Å²) in [7, 11) is 0. The minimum Gasteiger partial charge on any atom is -0.0651 e. The molecule has 0 amide bonds. The largest absolute Gasteiger partial charge is 0.0713 e. The zero-order chi connectivity index (χ0) is 22.8. The first-order valence-electron chi connectivity index (χ1n) is 12.6. The maximum absolute atomic E-state index is 2.47. The summed E-state index contributed by atoms with van der Waals surface area (Å²) in [5.41, 5.74) is 12.4. The Labute approximate surface area is 199 Å². The van der Waals surface area contributed by atoms with Crippen LogP contribution in [0.15, 0.2) is 91.0 Å². The van der Waals surface area contributed by atoms with E-state index < -0.39 is 0 Å². The molecule has 0 N–H and O–H groups in total. The van der Waals surface area contributed by atoms with Gasteiger partial charge in [-0.1, -0.05) is 125 Å². The highest BCUT2D eigenvalue weighted by molar-refractivity contribution is 5.87. The third-order valence-electron chi connectivity index (χ3n) is 7.32. The normalized spacial score (nSPS) is 13.5. The van der Waals surface area contributed by atoms with Gasteiger partial charge in [-0.05, 0) is 69.3 Å². The molecular weight excluding hydrogens is 396 g/mol. The number of benzene rings is 4. The van der Waals surface area contributed by atoms with Crippen molar-refractivity contribution in [2.24, 2.45) is 0 Å². The summed E-state index contributed by atoms with van der Waals surface area (Å²) in [6.45, 7) is 6.79. The van der Waals surface area contributed by atoms with E-state index in [1.807, 2.05) is 0 Å². The summed E-state index contributed by atoms with van der Waals surface area (Å²) >= 11 is 0. The van der Waals surface area contributed by atoms with Gasteiger partial charge >= 0.3 is 0 Å². The van der Waals surface area contributed by atoms with Crippen LogP contribution < -0.4 is 0 Å². The van der Waals surface area contributed by atoms with Crippen LogP contribution in [0.3, 0.4) is 0 Å². The Hall–Kier alpha value is -3.12. The van der Waals surface area contributed by atoms with Gasteiger partial charge in [0.2, 0.25) is 0 Å². The Morgan fingerprint density at radius 3 is 1.64 bits per heavy atom. The molecule has 0 radical (unpaired) electrons. The van der Waals surface area contributed by atoms with Gasteiger partial charge in [-0.2, -0.15) is 0 Å². The van der Waals surface area contributed by atoms with E-state index in [2.05, 4.69) is 112 Å². The first kappa shape index (κ1) is 21.7. The molecule has 0 saturated heterocycles. The molecule has 0 unspecified atom stereocenters. The molecule has 0 bridgehead atoms. The fourth-order valence-electron chi connectivity index (χ4n) is 5.82. The molecule has 0 atom stereocenters. The van der Waals surface area contributed by atoms with Crippen molar-refractivity contribution in [2.75, 3.05) is 0 Å². The standard InChI is InChI=1S/C33H34/c1-4-11-25-17-19-31-29(22-25)30-23-26(12-5-2)18-20-32(30)33(31,27-14-8-7-9-15-27)28-16-10-13-24(6-3)21-28/h7-10,13-23H,4-6,11-12H2,1-3H3. The summed E-state index contributed by atoms with van der Waals surface area (Å²) in [5, 5.41) is 0. The van der Waals surface area contributed by atoms with Crippen LogP contribution in [-0.2, 0) is 24.7 Å². The molecule has 4 aromatic carbocycles. The second-order valence-corrected chi connectivity index (χ2v) is 9.43. The van der Waals surface area contributed by atoms with E-state index in [-0.39, 0.29) is 5.41 Å². The van der Waals surface area contributed by atoms with E-state index in [4.69, 9.17) is 0 Å².